The standard InChI is InChI=1S/C21H25N5O/c1-4-25-10-12-26(13-11-25)21(27)17-14-18(16-8-6-5-7-9-16)22-20-19(17)15(2)23-24(20)3/h5-9,14H,4,10-13H2,1-3H3. The second kappa shape index (κ2) is 7.12. The molecule has 1 aliphatic rings. The molecule has 0 aliphatic carbocycles. The molecule has 1 fully saturated rings. The van der Waals surface area contributed by atoms with Crippen LogP contribution < -0.4 is 0 Å². The monoisotopic (exact) mass is 363 g/mol. The number of hydrogen-bond acceptors (Lipinski definition) is 4. The molecule has 3 heterocycles. The van der Waals surface area contributed by atoms with Gasteiger partial charge in [0.1, 0.15) is 0 Å². The first kappa shape index (κ1) is 17.7. The Morgan fingerprint density at radius 2 is 1.81 bits per heavy atom. The van der Waals surface area contributed by atoms with Gasteiger partial charge in [-0.15, -0.1) is 0 Å². The van der Waals surface area contributed by atoms with Gasteiger partial charge >= 0.3 is 0 Å². The lowest BCUT2D eigenvalue weighted by Gasteiger charge is -2.34. The predicted octanol–water partition coefficient (Wildman–Crippen LogP) is 2.72. The number of carbonyl (C=O) groups excluding carboxylic acids is 1. The summed E-state index contributed by atoms with van der Waals surface area (Å²) in [7, 11) is 1.88. The molecule has 1 saturated heterocycles. The number of rotatable bonds is 3. The molecule has 6 nitrogen and oxygen atoms in total. The van der Waals surface area contributed by atoms with Crippen LogP contribution in [0.15, 0.2) is 36.4 Å². The molecule has 4 rings (SSSR count). The van der Waals surface area contributed by atoms with E-state index in [-0.39, 0.29) is 5.91 Å². The molecule has 3 aromatic rings. The molecular formula is C21H25N5O. The molecule has 140 valence electrons. The van der Waals surface area contributed by atoms with Crippen LogP contribution in [0.1, 0.15) is 23.0 Å². The van der Waals surface area contributed by atoms with E-state index < -0.39 is 0 Å². The van der Waals surface area contributed by atoms with E-state index in [2.05, 4.69) is 16.9 Å². The number of likely N-dealkylation sites (N-methyl/N-ethyl adjacent to an activating group) is 1. The van der Waals surface area contributed by atoms with Crippen LogP contribution in [0.3, 0.4) is 0 Å². The summed E-state index contributed by atoms with van der Waals surface area (Å²) >= 11 is 0. The molecule has 2 aromatic heterocycles. The van der Waals surface area contributed by atoms with E-state index in [9.17, 15) is 4.79 Å². The summed E-state index contributed by atoms with van der Waals surface area (Å²) in [5.74, 6) is 0.0754. The van der Waals surface area contributed by atoms with E-state index in [4.69, 9.17) is 4.98 Å². The summed E-state index contributed by atoms with van der Waals surface area (Å²) < 4.78 is 1.77. The maximum atomic E-state index is 13.4. The third-order valence-electron chi connectivity index (χ3n) is 5.38. The molecular weight excluding hydrogens is 338 g/mol. The minimum Gasteiger partial charge on any atom is -0.336 e. The Hall–Kier alpha value is -2.73. The van der Waals surface area contributed by atoms with Crippen molar-refractivity contribution in [2.45, 2.75) is 13.8 Å². The van der Waals surface area contributed by atoms with Crippen molar-refractivity contribution in [3.63, 3.8) is 0 Å². The third kappa shape index (κ3) is 3.21. The molecule has 0 N–H and O–H groups in total. The van der Waals surface area contributed by atoms with Gasteiger partial charge in [-0.05, 0) is 19.5 Å². The van der Waals surface area contributed by atoms with Gasteiger partial charge in [0.2, 0.25) is 0 Å². The molecule has 6 heteroatoms. The number of pyridine rings is 1. The molecule has 1 aliphatic heterocycles. The summed E-state index contributed by atoms with van der Waals surface area (Å²) in [5.41, 5.74) is 4.11. The minimum atomic E-state index is 0.0754. The van der Waals surface area contributed by atoms with Crippen LogP contribution in [0.4, 0.5) is 0 Å². The second-order valence-corrected chi connectivity index (χ2v) is 7.06. The summed E-state index contributed by atoms with van der Waals surface area (Å²) in [6, 6.07) is 11.9. The van der Waals surface area contributed by atoms with E-state index in [1.165, 1.54) is 0 Å². The van der Waals surface area contributed by atoms with Crippen molar-refractivity contribution in [3.05, 3.63) is 47.7 Å². The average molecular weight is 363 g/mol. The fraction of sp³-hybridized carbons (Fsp3) is 0.381. The van der Waals surface area contributed by atoms with Crippen LogP contribution in [-0.2, 0) is 7.05 Å². The Kier molecular flexibility index (Phi) is 4.66. The fourth-order valence-corrected chi connectivity index (χ4v) is 3.81. The Morgan fingerprint density at radius 1 is 1.11 bits per heavy atom. The number of piperazine rings is 1. The maximum Gasteiger partial charge on any atom is 0.254 e. The van der Waals surface area contributed by atoms with E-state index in [1.54, 1.807) is 4.68 Å². The van der Waals surface area contributed by atoms with Crippen molar-refractivity contribution < 1.29 is 4.79 Å². The lowest BCUT2D eigenvalue weighted by Crippen LogP contribution is -2.48. The minimum absolute atomic E-state index is 0.0754. The van der Waals surface area contributed by atoms with Crippen LogP contribution in [-0.4, -0.2) is 63.2 Å². The molecule has 27 heavy (non-hydrogen) atoms. The van der Waals surface area contributed by atoms with Gasteiger partial charge in [-0.25, -0.2) is 4.98 Å². The Labute approximate surface area is 159 Å². The highest BCUT2D eigenvalue weighted by Crippen LogP contribution is 2.28. The number of fused-ring (bicyclic) bond motifs is 1. The van der Waals surface area contributed by atoms with E-state index >= 15 is 0 Å². The van der Waals surface area contributed by atoms with Gasteiger partial charge in [0.25, 0.3) is 5.91 Å². The molecule has 1 aromatic carbocycles. The number of hydrogen-bond donors (Lipinski definition) is 0. The number of aryl methyl sites for hydroxylation is 2. The van der Waals surface area contributed by atoms with Crippen LogP contribution in [0.5, 0.6) is 0 Å². The number of amides is 1. The SMILES string of the molecule is CCN1CCN(C(=O)c2cc(-c3ccccc3)nc3c2c(C)nn3C)CC1. The number of nitrogens with zero attached hydrogens (tertiary/aromatic N) is 5. The van der Waals surface area contributed by atoms with Crippen molar-refractivity contribution in [1.29, 1.82) is 0 Å². The summed E-state index contributed by atoms with van der Waals surface area (Å²) in [6.45, 7) is 8.50. The molecule has 0 unspecified atom stereocenters. The zero-order valence-electron chi connectivity index (χ0n) is 16.1. The molecule has 0 saturated carbocycles. The zero-order valence-corrected chi connectivity index (χ0v) is 16.1. The lowest BCUT2D eigenvalue weighted by atomic mass is 10.0. The normalized spacial score (nSPS) is 15.4. The first-order chi connectivity index (χ1) is 13.1. The van der Waals surface area contributed by atoms with Crippen molar-refractivity contribution in [1.82, 2.24) is 24.6 Å². The van der Waals surface area contributed by atoms with Gasteiger partial charge in [-0.1, -0.05) is 37.3 Å². The van der Waals surface area contributed by atoms with Crippen LogP contribution in [0, 0.1) is 6.92 Å². The van der Waals surface area contributed by atoms with Crippen molar-refractivity contribution in [2.24, 2.45) is 7.05 Å². The van der Waals surface area contributed by atoms with Gasteiger partial charge in [0.15, 0.2) is 5.65 Å². The van der Waals surface area contributed by atoms with Crippen molar-refractivity contribution in [2.75, 3.05) is 32.7 Å². The van der Waals surface area contributed by atoms with Gasteiger partial charge in [-0.2, -0.15) is 5.10 Å². The van der Waals surface area contributed by atoms with Crippen molar-refractivity contribution in [3.8, 4) is 11.3 Å². The predicted molar refractivity (Wildman–Crippen MR) is 107 cm³/mol. The molecule has 1 amide bonds. The first-order valence-electron chi connectivity index (χ1n) is 9.50. The van der Waals surface area contributed by atoms with Gasteiger partial charge in [0, 0.05) is 38.8 Å². The topological polar surface area (TPSA) is 54.3 Å². The quantitative estimate of drug-likeness (QED) is 0.718. The highest BCUT2D eigenvalue weighted by atomic mass is 16.2. The van der Waals surface area contributed by atoms with E-state index in [0.29, 0.717) is 5.56 Å². The molecule has 0 spiro atoms. The highest BCUT2D eigenvalue weighted by molar-refractivity contribution is 6.07. The molecule has 0 bridgehead atoms. The van der Waals surface area contributed by atoms with E-state index in [0.717, 1.165) is 60.7 Å². The third-order valence-corrected chi connectivity index (χ3v) is 5.38. The Balaban J connectivity index is 1.80. The van der Waals surface area contributed by atoms with E-state index in [1.807, 2.05) is 55.3 Å². The van der Waals surface area contributed by atoms with Crippen molar-refractivity contribution >= 4 is 16.9 Å². The molecule has 0 radical (unpaired) electrons. The number of carbonyl (C=O) groups is 1. The Morgan fingerprint density at radius 3 is 2.48 bits per heavy atom. The van der Waals surface area contributed by atoms with Crippen LogP contribution in [0.25, 0.3) is 22.3 Å². The first-order valence-corrected chi connectivity index (χ1v) is 9.50. The summed E-state index contributed by atoms with van der Waals surface area (Å²) in [5, 5.41) is 5.37. The summed E-state index contributed by atoms with van der Waals surface area (Å²) in [6.07, 6.45) is 0. The lowest BCUT2D eigenvalue weighted by molar-refractivity contribution is 0.0645. The van der Waals surface area contributed by atoms with Gasteiger partial charge in [0.05, 0.1) is 22.3 Å². The Bertz CT molecular complexity index is 971. The maximum absolute atomic E-state index is 13.4. The smallest absolute Gasteiger partial charge is 0.254 e. The largest absolute Gasteiger partial charge is 0.336 e. The van der Waals surface area contributed by atoms with Crippen LogP contribution in [0.2, 0.25) is 0 Å². The van der Waals surface area contributed by atoms with Crippen LogP contribution >= 0.6 is 0 Å². The van der Waals surface area contributed by atoms with Gasteiger partial charge < -0.3 is 9.80 Å². The fourth-order valence-electron chi connectivity index (χ4n) is 3.81. The second-order valence-electron chi connectivity index (χ2n) is 7.06. The highest BCUT2D eigenvalue weighted by Gasteiger charge is 2.25. The molecule has 0 atom stereocenters. The van der Waals surface area contributed by atoms with Gasteiger partial charge in [-0.3, -0.25) is 9.48 Å². The average Bonchev–Trinajstić information content (AvgIpc) is 3.01. The number of aromatic nitrogens is 3. The number of benzene rings is 1. The summed E-state index contributed by atoms with van der Waals surface area (Å²) in [4.78, 5) is 22.5. The zero-order chi connectivity index (χ0) is 19.0.